The minimum absolute atomic E-state index is 0.372. The predicted octanol–water partition coefficient (Wildman–Crippen LogP) is 2.52. The summed E-state index contributed by atoms with van der Waals surface area (Å²) in [6.07, 6.45) is 0.950. The second-order valence-corrected chi connectivity index (χ2v) is 7.34. The lowest BCUT2D eigenvalue weighted by molar-refractivity contribution is 0.464. The van der Waals surface area contributed by atoms with Crippen molar-refractivity contribution in [3.63, 3.8) is 0 Å². The molecule has 6 heteroatoms. The van der Waals surface area contributed by atoms with Crippen LogP contribution in [0.5, 0.6) is 0 Å². The van der Waals surface area contributed by atoms with Gasteiger partial charge in [-0.15, -0.1) is 22.9 Å². The van der Waals surface area contributed by atoms with E-state index in [1.165, 1.54) is 11.3 Å². The first-order valence-electron chi connectivity index (χ1n) is 5.17. The van der Waals surface area contributed by atoms with Gasteiger partial charge in [-0.25, -0.2) is 8.42 Å². The average Bonchev–Trinajstić information content (AvgIpc) is 2.85. The summed E-state index contributed by atoms with van der Waals surface area (Å²) in [5.41, 5.74) is 0. The van der Waals surface area contributed by atoms with Crippen LogP contribution in [0.15, 0.2) is 16.3 Å². The van der Waals surface area contributed by atoms with Crippen molar-refractivity contribution in [2.45, 2.75) is 24.1 Å². The fourth-order valence-electron chi connectivity index (χ4n) is 1.83. The van der Waals surface area contributed by atoms with Gasteiger partial charge < -0.3 is 0 Å². The van der Waals surface area contributed by atoms with E-state index in [0.29, 0.717) is 29.8 Å². The third-order valence-corrected chi connectivity index (χ3v) is 6.16. The summed E-state index contributed by atoms with van der Waals surface area (Å²) >= 11 is 7.07. The molecule has 1 aliphatic rings. The van der Waals surface area contributed by atoms with Crippen LogP contribution in [0.25, 0.3) is 0 Å². The molecule has 0 saturated carbocycles. The van der Waals surface area contributed by atoms with E-state index in [1.54, 1.807) is 15.8 Å². The summed E-state index contributed by atoms with van der Waals surface area (Å²) in [6.45, 7) is 3.34. The van der Waals surface area contributed by atoms with Crippen LogP contribution in [0.2, 0.25) is 0 Å². The highest BCUT2D eigenvalue weighted by atomic mass is 35.5. The van der Waals surface area contributed by atoms with E-state index in [-0.39, 0.29) is 0 Å². The summed E-state index contributed by atoms with van der Waals surface area (Å²) < 4.78 is 26.0. The molecule has 1 aliphatic heterocycles. The molecule has 16 heavy (non-hydrogen) atoms. The number of hydrogen-bond acceptors (Lipinski definition) is 3. The fourth-order valence-corrected chi connectivity index (χ4v) is 4.78. The third-order valence-electron chi connectivity index (χ3n) is 2.79. The second-order valence-electron chi connectivity index (χ2n) is 4.14. The molecule has 0 radical (unpaired) electrons. The molecule has 1 unspecified atom stereocenters. The minimum Gasteiger partial charge on any atom is -0.207 e. The Bertz CT molecular complexity index is 469. The molecule has 1 fully saturated rings. The Kier molecular flexibility index (Phi) is 3.59. The fraction of sp³-hybridized carbons (Fsp3) is 0.600. The molecule has 1 atom stereocenters. The molecule has 0 spiro atoms. The van der Waals surface area contributed by atoms with E-state index >= 15 is 0 Å². The minimum atomic E-state index is -3.28. The summed E-state index contributed by atoms with van der Waals surface area (Å²) in [7, 11) is -3.28. The van der Waals surface area contributed by atoms with Crippen molar-refractivity contribution in [2.75, 3.05) is 13.1 Å². The van der Waals surface area contributed by atoms with E-state index in [4.69, 9.17) is 11.6 Å². The quantitative estimate of drug-likeness (QED) is 0.798. The lowest BCUT2D eigenvalue weighted by Crippen LogP contribution is -2.28. The molecule has 90 valence electrons. The zero-order valence-electron chi connectivity index (χ0n) is 9.02. The molecular formula is C10H14ClNO2S2. The monoisotopic (exact) mass is 279 g/mol. The molecule has 2 rings (SSSR count). The van der Waals surface area contributed by atoms with Crippen LogP contribution in [-0.2, 0) is 15.9 Å². The SMILES string of the molecule is CC1CCN(S(=O)(=O)c2csc(CCl)c2)C1. The molecule has 1 aromatic rings. The van der Waals surface area contributed by atoms with E-state index in [0.717, 1.165) is 11.3 Å². The summed E-state index contributed by atoms with van der Waals surface area (Å²) in [5.74, 6) is 0.831. The zero-order chi connectivity index (χ0) is 11.8. The lowest BCUT2D eigenvalue weighted by Gasteiger charge is -2.14. The Morgan fingerprint density at radius 3 is 2.88 bits per heavy atom. The average molecular weight is 280 g/mol. The maximum Gasteiger partial charge on any atom is 0.243 e. The molecule has 1 saturated heterocycles. The Morgan fingerprint density at radius 2 is 2.38 bits per heavy atom. The highest BCUT2D eigenvalue weighted by molar-refractivity contribution is 7.89. The van der Waals surface area contributed by atoms with Gasteiger partial charge in [0.1, 0.15) is 0 Å². The van der Waals surface area contributed by atoms with Crippen LogP contribution in [0, 0.1) is 5.92 Å². The summed E-state index contributed by atoms with van der Waals surface area (Å²) in [4.78, 5) is 1.29. The first kappa shape index (κ1) is 12.4. The van der Waals surface area contributed by atoms with Gasteiger partial charge in [0.15, 0.2) is 0 Å². The second kappa shape index (κ2) is 4.64. The molecule has 1 aromatic heterocycles. The Hall–Kier alpha value is -0.100. The number of halogens is 1. The normalized spacial score (nSPS) is 22.8. The van der Waals surface area contributed by atoms with Crippen LogP contribution in [0.3, 0.4) is 0 Å². The Morgan fingerprint density at radius 1 is 1.62 bits per heavy atom. The van der Waals surface area contributed by atoms with Crippen molar-refractivity contribution in [2.24, 2.45) is 5.92 Å². The first-order valence-corrected chi connectivity index (χ1v) is 8.03. The molecule has 0 aliphatic carbocycles. The van der Waals surface area contributed by atoms with Crippen LogP contribution in [0.4, 0.5) is 0 Å². The molecule has 0 amide bonds. The van der Waals surface area contributed by atoms with E-state index in [9.17, 15) is 8.42 Å². The zero-order valence-corrected chi connectivity index (χ0v) is 11.4. The van der Waals surface area contributed by atoms with Crippen molar-refractivity contribution in [1.29, 1.82) is 0 Å². The Labute approximate surface area is 105 Å². The smallest absolute Gasteiger partial charge is 0.207 e. The number of rotatable bonds is 3. The van der Waals surface area contributed by atoms with E-state index in [1.807, 2.05) is 0 Å². The van der Waals surface area contributed by atoms with Crippen LogP contribution < -0.4 is 0 Å². The lowest BCUT2D eigenvalue weighted by atomic mass is 10.2. The van der Waals surface area contributed by atoms with Crippen molar-refractivity contribution in [3.8, 4) is 0 Å². The molecule has 0 N–H and O–H groups in total. The predicted molar refractivity (Wildman–Crippen MR) is 66.4 cm³/mol. The van der Waals surface area contributed by atoms with Crippen molar-refractivity contribution < 1.29 is 8.42 Å². The number of nitrogens with zero attached hydrogens (tertiary/aromatic N) is 1. The van der Waals surface area contributed by atoms with Gasteiger partial charge in [0.05, 0.1) is 10.8 Å². The number of hydrogen-bond donors (Lipinski definition) is 0. The van der Waals surface area contributed by atoms with Gasteiger partial charge >= 0.3 is 0 Å². The van der Waals surface area contributed by atoms with E-state index < -0.39 is 10.0 Å². The topological polar surface area (TPSA) is 37.4 Å². The van der Waals surface area contributed by atoms with Gasteiger partial charge in [0.2, 0.25) is 10.0 Å². The molecule has 0 bridgehead atoms. The largest absolute Gasteiger partial charge is 0.243 e. The summed E-state index contributed by atoms with van der Waals surface area (Å²) in [6, 6.07) is 1.68. The van der Waals surface area contributed by atoms with Gasteiger partial charge in [-0.3, -0.25) is 0 Å². The standard InChI is InChI=1S/C10H14ClNO2S2/c1-8-2-3-12(6-8)16(13,14)10-4-9(5-11)15-7-10/h4,7-8H,2-3,5-6H2,1H3. The van der Waals surface area contributed by atoms with Crippen LogP contribution in [0.1, 0.15) is 18.2 Å². The Balaban J connectivity index is 2.25. The van der Waals surface area contributed by atoms with Crippen LogP contribution in [-0.4, -0.2) is 25.8 Å². The highest BCUT2D eigenvalue weighted by Gasteiger charge is 2.31. The van der Waals surface area contributed by atoms with Crippen LogP contribution >= 0.6 is 22.9 Å². The van der Waals surface area contributed by atoms with Gasteiger partial charge in [-0.1, -0.05) is 6.92 Å². The van der Waals surface area contributed by atoms with Gasteiger partial charge in [0, 0.05) is 23.3 Å². The van der Waals surface area contributed by atoms with Crippen molar-refractivity contribution in [1.82, 2.24) is 4.31 Å². The highest BCUT2D eigenvalue weighted by Crippen LogP contribution is 2.27. The first-order chi connectivity index (χ1) is 7.54. The molecule has 3 nitrogen and oxygen atoms in total. The third kappa shape index (κ3) is 2.27. The van der Waals surface area contributed by atoms with Gasteiger partial charge in [0.25, 0.3) is 0 Å². The van der Waals surface area contributed by atoms with Gasteiger partial charge in [-0.2, -0.15) is 4.31 Å². The van der Waals surface area contributed by atoms with Gasteiger partial charge in [-0.05, 0) is 18.4 Å². The molecule has 2 heterocycles. The van der Waals surface area contributed by atoms with Crippen molar-refractivity contribution >= 4 is 33.0 Å². The maximum atomic E-state index is 12.2. The maximum absolute atomic E-state index is 12.2. The van der Waals surface area contributed by atoms with Crippen molar-refractivity contribution in [3.05, 3.63) is 16.3 Å². The molecular weight excluding hydrogens is 266 g/mol. The summed E-state index contributed by atoms with van der Waals surface area (Å²) in [5, 5.41) is 1.68. The van der Waals surface area contributed by atoms with E-state index in [2.05, 4.69) is 6.92 Å². The number of sulfonamides is 1. The number of alkyl halides is 1. The molecule has 0 aromatic carbocycles. The number of thiophene rings is 1.